The SMILES string of the molecule is CON=C(C(=O)NC1C(=O)N(OC(=O)C2CCC(=O)O2)OC1C(N)=O)c1csc(N)n1. The van der Waals surface area contributed by atoms with Gasteiger partial charge in [0.15, 0.2) is 23.0 Å². The number of nitrogens with one attached hydrogen (secondary N) is 1. The maximum atomic E-state index is 12.6. The highest BCUT2D eigenvalue weighted by atomic mass is 32.1. The second-order valence-electron chi connectivity index (χ2n) is 6.10. The summed E-state index contributed by atoms with van der Waals surface area (Å²) in [5, 5.41) is 7.43. The third-order valence-electron chi connectivity index (χ3n) is 4.01. The van der Waals surface area contributed by atoms with Crippen molar-refractivity contribution in [1.82, 2.24) is 15.5 Å². The zero-order chi connectivity index (χ0) is 22.7. The van der Waals surface area contributed by atoms with Crippen molar-refractivity contribution in [2.45, 2.75) is 31.1 Å². The maximum Gasteiger partial charge on any atom is 0.375 e. The van der Waals surface area contributed by atoms with Crippen LogP contribution in [0.1, 0.15) is 18.5 Å². The van der Waals surface area contributed by atoms with Gasteiger partial charge in [0.05, 0.1) is 0 Å². The van der Waals surface area contributed by atoms with Gasteiger partial charge in [-0.05, 0) is 5.23 Å². The van der Waals surface area contributed by atoms with Gasteiger partial charge < -0.3 is 31.2 Å². The third kappa shape index (κ3) is 4.69. The van der Waals surface area contributed by atoms with Crippen molar-refractivity contribution in [1.29, 1.82) is 0 Å². The fraction of sp³-hybridized carbons (Fsp3) is 0.400. The zero-order valence-electron chi connectivity index (χ0n) is 15.8. The van der Waals surface area contributed by atoms with Gasteiger partial charge in [-0.15, -0.1) is 11.3 Å². The molecule has 3 rings (SSSR count). The molecular weight excluding hydrogens is 440 g/mol. The van der Waals surface area contributed by atoms with E-state index in [0.29, 0.717) is 0 Å². The van der Waals surface area contributed by atoms with Crippen LogP contribution in [0.2, 0.25) is 0 Å². The van der Waals surface area contributed by atoms with E-state index < -0.39 is 47.9 Å². The van der Waals surface area contributed by atoms with Crippen molar-refractivity contribution < 1.29 is 43.2 Å². The summed E-state index contributed by atoms with van der Waals surface area (Å²) in [4.78, 5) is 78.3. The summed E-state index contributed by atoms with van der Waals surface area (Å²) in [6.45, 7) is 0. The van der Waals surface area contributed by atoms with Crippen molar-refractivity contribution in [3.63, 3.8) is 0 Å². The number of carbonyl (C=O) groups excluding carboxylic acids is 5. The van der Waals surface area contributed by atoms with E-state index in [9.17, 15) is 24.0 Å². The molecule has 5 N–H and O–H groups in total. The fourth-order valence-electron chi connectivity index (χ4n) is 2.61. The molecule has 3 heterocycles. The van der Waals surface area contributed by atoms with Crippen LogP contribution >= 0.6 is 11.3 Å². The number of cyclic esters (lactones) is 1. The maximum absolute atomic E-state index is 12.6. The minimum atomic E-state index is -1.71. The van der Waals surface area contributed by atoms with Crippen molar-refractivity contribution in [2.75, 3.05) is 12.8 Å². The second-order valence-corrected chi connectivity index (χ2v) is 6.99. The molecule has 3 unspecified atom stereocenters. The Hall–Kier alpha value is -3.79. The Morgan fingerprint density at radius 1 is 1.39 bits per heavy atom. The highest BCUT2D eigenvalue weighted by molar-refractivity contribution is 7.13. The van der Waals surface area contributed by atoms with Crippen molar-refractivity contribution >= 4 is 51.8 Å². The van der Waals surface area contributed by atoms with Crippen LogP contribution in [-0.2, 0) is 43.2 Å². The van der Waals surface area contributed by atoms with Gasteiger partial charge in [0.25, 0.3) is 11.8 Å². The average Bonchev–Trinajstić information content (AvgIpc) is 3.41. The van der Waals surface area contributed by atoms with E-state index >= 15 is 0 Å². The molecule has 2 aliphatic rings. The van der Waals surface area contributed by atoms with Crippen LogP contribution < -0.4 is 16.8 Å². The molecule has 1 aromatic heterocycles. The summed E-state index contributed by atoms with van der Waals surface area (Å²) in [5.74, 6) is -4.94. The molecule has 15 nitrogen and oxygen atoms in total. The van der Waals surface area contributed by atoms with E-state index in [1.54, 1.807) is 0 Å². The quantitative estimate of drug-likeness (QED) is 0.219. The molecule has 0 spiro atoms. The second kappa shape index (κ2) is 8.92. The molecule has 16 heteroatoms. The van der Waals surface area contributed by atoms with Crippen LogP contribution in [0, 0.1) is 0 Å². The lowest BCUT2D eigenvalue weighted by Gasteiger charge is -2.15. The smallest absolute Gasteiger partial charge is 0.375 e. The molecule has 2 aliphatic heterocycles. The summed E-state index contributed by atoms with van der Waals surface area (Å²) in [6.07, 6.45) is -2.90. The van der Waals surface area contributed by atoms with Gasteiger partial charge >= 0.3 is 17.8 Å². The molecule has 3 amide bonds. The molecule has 2 fully saturated rings. The minimum Gasteiger partial charge on any atom is -0.450 e. The Kier molecular flexibility index (Phi) is 6.30. The Balaban J connectivity index is 1.74. The van der Waals surface area contributed by atoms with Crippen molar-refractivity contribution in [2.24, 2.45) is 10.9 Å². The predicted octanol–water partition coefficient (Wildman–Crippen LogP) is -2.65. The van der Waals surface area contributed by atoms with Gasteiger partial charge in [-0.2, -0.15) is 0 Å². The molecule has 3 atom stereocenters. The number of ether oxygens (including phenoxy) is 1. The van der Waals surface area contributed by atoms with Gasteiger partial charge in [-0.1, -0.05) is 5.16 Å². The number of hydroxylamine groups is 2. The topological polar surface area (TPSA) is 215 Å². The highest BCUT2D eigenvalue weighted by Gasteiger charge is 2.50. The first-order valence-electron chi connectivity index (χ1n) is 8.56. The Bertz CT molecular complexity index is 963. The van der Waals surface area contributed by atoms with Crippen LogP contribution in [0.4, 0.5) is 5.13 Å². The summed E-state index contributed by atoms with van der Waals surface area (Å²) in [5.41, 5.74) is 10.5. The monoisotopic (exact) mass is 456 g/mol. The van der Waals surface area contributed by atoms with Crippen LogP contribution in [0.25, 0.3) is 0 Å². The first-order valence-corrected chi connectivity index (χ1v) is 9.44. The van der Waals surface area contributed by atoms with E-state index in [0.717, 1.165) is 11.3 Å². The molecule has 0 bridgehead atoms. The Morgan fingerprint density at radius 2 is 2.13 bits per heavy atom. The lowest BCUT2D eigenvalue weighted by atomic mass is 10.1. The molecule has 0 aromatic carbocycles. The van der Waals surface area contributed by atoms with Gasteiger partial charge in [-0.3, -0.25) is 19.2 Å². The first kappa shape index (κ1) is 21.9. The first-order chi connectivity index (χ1) is 14.7. The van der Waals surface area contributed by atoms with Crippen LogP contribution in [0.3, 0.4) is 0 Å². The lowest BCUT2D eigenvalue weighted by molar-refractivity contribution is -0.315. The van der Waals surface area contributed by atoms with Crippen molar-refractivity contribution in [3.05, 3.63) is 11.1 Å². The standard InChI is InChI=1S/C15H16N6O9S/c1-27-20-8(5-4-31-15(17)18-5)12(24)19-9-10(11(16)23)29-21(13(9)25)30-14(26)6-2-3-7(22)28-6/h4,6,9-10H,2-3H2,1H3,(H2,16,23)(H2,17,18)(H,19,24). The van der Waals surface area contributed by atoms with Gasteiger partial charge in [0, 0.05) is 18.2 Å². The molecule has 0 saturated carbocycles. The normalized spacial score (nSPS) is 23.5. The number of nitrogens with zero attached hydrogens (tertiary/aromatic N) is 3. The summed E-state index contributed by atoms with van der Waals surface area (Å²) >= 11 is 1.03. The van der Waals surface area contributed by atoms with Crippen LogP contribution in [0.5, 0.6) is 0 Å². The van der Waals surface area contributed by atoms with E-state index in [1.165, 1.54) is 12.5 Å². The molecule has 1 aromatic rings. The van der Waals surface area contributed by atoms with Crippen LogP contribution in [0.15, 0.2) is 10.5 Å². The highest BCUT2D eigenvalue weighted by Crippen LogP contribution is 2.21. The molecule has 31 heavy (non-hydrogen) atoms. The fourth-order valence-corrected chi connectivity index (χ4v) is 3.16. The molecule has 0 aliphatic carbocycles. The van der Waals surface area contributed by atoms with Crippen LogP contribution in [-0.4, -0.2) is 70.9 Å². The predicted molar refractivity (Wildman–Crippen MR) is 98.1 cm³/mol. The van der Waals surface area contributed by atoms with E-state index in [1.807, 2.05) is 0 Å². The third-order valence-corrected chi connectivity index (χ3v) is 4.68. The number of nitrogen functional groups attached to an aromatic ring is 1. The van der Waals surface area contributed by atoms with E-state index in [2.05, 4.69) is 20.3 Å². The number of oxime groups is 1. The number of thiazole rings is 1. The number of aromatic nitrogens is 1. The largest absolute Gasteiger partial charge is 0.450 e. The molecular formula is C15H16N6O9S. The number of carbonyl (C=O) groups is 5. The van der Waals surface area contributed by atoms with Gasteiger partial charge in [0.2, 0.25) is 6.10 Å². The van der Waals surface area contributed by atoms with Gasteiger partial charge in [-0.25, -0.2) is 14.6 Å². The number of anilines is 1. The number of hydrogen-bond donors (Lipinski definition) is 3. The minimum absolute atomic E-state index is 0.0000917. The molecule has 0 radical (unpaired) electrons. The number of rotatable bonds is 7. The summed E-state index contributed by atoms with van der Waals surface area (Å²) in [7, 11) is 1.18. The molecule has 166 valence electrons. The zero-order valence-corrected chi connectivity index (χ0v) is 16.6. The van der Waals surface area contributed by atoms with E-state index in [-0.39, 0.29) is 34.6 Å². The van der Waals surface area contributed by atoms with Gasteiger partial charge in [0.1, 0.15) is 12.8 Å². The summed E-state index contributed by atoms with van der Waals surface area (Å²) < 4.78 is 4.73. The average molecular weight is 456 g/mol. The number of esters is 1. The molecule has 2 saturated heterocycles. The number of amides is 3. The van der Waals surface area contributed by atoms with Crippen molar-refractivity contribution in [3.8, 4) is 0 Å². The number of nitrogens with two attached hydrogens (primary N) is 2. The van der Waals surface area contributed by atoms with E-state index in [4.69, 9.17) is 25.9 Å². The Morgan fingerprint density at radius 3 is 2.68 bits per heavy atom. The Labute approximate surface area is 177 Å². The summed E-state index contributed by atoms with van der Waals surface area (Å²) in [6, 6.07) is -1.66. The number of primary amides is 1. The number of hydrogen-bond acceptors (Lipinski definition) is 13. The lowest BCUT2D eigenvalue weighted by Crippen LogP contribution is -2.52.